The Morgan fingerprint density at radius 1 is 0.875 bits per heavy atom. The first-order chi connectivity index (χ1) is 11.3. The van der Waals surface area contributed by atoms with Gasteiger partial charge in [-0.1, -0.05) is 63.0 Å². The fourth-order valence-electron chi connectivity index (χ4n) is 2.41. The molecule has 0 aliphatic heterocycles. The zero-order valence-electron chi connectivity index (χ0n) is 14.3. The summed E-state index contributed by atoms with van der Waals surface area (Å²) in [4.78, 5) is 0. The molecule has 24 heavy (non-hydrogen) atoms. The molecule has 0 saturated carbocycles. The Bertz CT molecular complexity index is 742. The van der Waals surface area contributed by atoms with Crippen molar-refractivity contribution in [2.45, 2.75) is 39.5 Å². The van der Waals surface area contributed by atoms with Crippen LogP contribution in [0.1, 0.15) is 50.7 Å². The van der Waals surface area contributed by atoms with Gasteiger partial charge in [0.05, 0.1) is 10.7 Å². The van der Waals surface area contributed by atoms with Gasteiger partial charge in [-0.15, -0.1) is 0 Å². The molecule has 0 atom stereocenters. The van der Waals surface area contributed by atoms with Gasteiger partial charge in [-0.3, -0.25) is 0 Å². The Morgan fingerprint density at radius 2 is 1.54 bits per heavy atom. The minimum Gasteiger partial charge on any atom is -0.332 e. The Labute approximate surface area is 159 Å². The van der Waals surface area contributed by atoms with Gasteiger partial charge in [-0.05, 0) is 59.4 Å². The van der Waals surface area contributed by atoms with Crippen LogP contribution in [-0.2, 0) is 0 Å². The zero-order valence-corrected chi connectivity index (χ0v) is 16.6. The monoisotopic (exact) mass is 380 g/mol. The van der Waals surface area contributed by atoms with Crippen LogP contribution in [-0.4, -0.2) is 5.11 Å². The summed E-state index contributed by atoms with van der Waals surface area (Å²) in [7, 11) is 0. The lowest BCUT2D eigenvalue weighted by Crippen LogP contribution is -2.20. The molecule has 2 rings (SSSR count). The average Bonchev–Trinajstić information content (AvgIpc) is 2.50. The van der Waals surface area contributed by atoms with Crippen LogP contribution in [0.5, 0.6) is 0 Å². The summed E-state index contributed by atoms with van der Waals surface area (Å²) in [5.41, 5.74) is 4.20. The first-order valence-electron chi connectivity index (χ1n) is 7.94. The number of hydrogen-bond donors (Lipinski definition) is 2. The van der Waals surface area contributed by atoms with Crippen molar-refractivity contribution in [1.82, 2.24) is 0 Å². The van der Waals surface area contributed by atoms with Crippen LogP contribution in [0.3, 0.4) is 0 Å². The van der Waals surface area contributed by atoms with E-state index in [0.29, 0.717) is 32.7 Å². The Balaban J connectivity index is 2.24. The van der Waals surface area contributed by atoms with Crippen LogP contribution in [0.15, 0.2) is 36.4 Å². The number of rotatable bonds is 4. The summed E-state index contributed by atoms with van der Waals surface area (Å²) in [6.45, 7) is 8.69. The predicted octanol–water partition coefficient (Wildman–Crippen LogP) is 7.05. The third-order valence-corrected chi connectivity index (χ3v) is 4.56. The van der Waals surface area contributed by atoms with Gasteiger partial charge in [0.2, 0.25) is 0 Å². The highest BCUT2D eigenvalue weighted by atomic mass is 35.5. The molecule has 2 nitrogen and oxygen atoms in total. The molecule has 2 aromatic carbocycles. The molecule has 0 spiro atoms. The summed E-state index contributed by atoms with van der Waals surface area (Å²) in [5, 5.41) is 8.09. The van der Waals surface area contributed by atoms with Crippen molar-refractivity contribution >= 4 is 51.9 Å². The van der Waals surface area contributed by atoms with Gasteiger partial charge in [0.1, 0.15) is 0 Å². The maximum atomic E-state index is 6.18. The van der Waals surface area contributed by atoms with Gasteiger partial charge < -0.3 is 10.6 Å². The van der Waals surface area contributed by atoms with E-state index >= 15 is 0 Å². The topological polar surface area (TPSA) is 24.1 Å². The number of hydrogen-bond acceptors (Lipinski definition) is 1. The summed E-state index contributed by atoms with van der Waals surface area (Å²) >= 11 is 17.7. The molecule has 128 valence electrons. The Morgan fingerprint density at radius 3 is 2.17 bits per heavy atom. The molecule has 0 heterocycles. The minimum absolute atomic E-state index is 0.395. The molecule has 0 radical (unpaired) electrons. The lowest BCUT2D eigenvalue weighted by Gasteiger charge is -2.19. The van der Waals surface area contributed by atoms with Crippen LogP contribution in [0, 0.1) is 0 Å². The molecule has 0 aliphatic rings. The lowest BCUT2D eigenvalue weighted by atomic mass is 9.95. The second-order valence-corrected chi connectivity index (χ2v) is 7.61. The molecule has 0 fully saturated rings. The van der Waals surface area contributed by atoms with Gasteiger partial charge in [-0.2, -0.15) is 0 Å². The maximum Gasteiger partial charge on any atom is 0.175 e. The average molecular weight is 381 g/mol. The van der Waals surface area contributed by atoms with Crippen molar-refractivity contribution < 1.29 is 0 Å². The standard InChI is InChI=1S/C19H22Cl2N2S/c1-11(2)13-5-7-15(12(3)4)17(9-13)22-19(24)23-18-10-14(20)6-8-16(18)21/h5-12H,1-4H3,(H2,22,23,24). The quantitative estimate of drug-likeness (QED) is 0.555. The van der Waals surface area contributed by atoms with Crippen LogP contribution >= 0.6 is 35.4 Å². The molecular formula is C19H22Cl2N2S. The highest BCUT2D eigenvalue weighted by Crippen LogP contribution is 2.29. The second-order valence-electron chi connectivity index (χ2n) is 6.36. The maximum absolute atomic E-state index is 6.18. The molecule has 2 N–H and O–H groups in total. The van der Waals surface area contributed by atoms with Crippen LogP contribution < -0.4 is 10.6 Å². The zero-order chi connectivity index (χ0) is 17.9. The molecule has 0 amide bonds. The van der Waals surface area contributed by atoms with Gasteiger partial charge in [0.25, 0.3) is 0 Å². The number of anilines is 2. The normalized spacial score (nSPS) is 11.0. The van der Waals surface area contributed by atoms with Crippen molar-refractivity contribution in [2.75, 3.05) is 10.6 Å². The minimum atomic E-state index is 0.395. The molecular weight excluding hydrogens is 359 g/mol. The van der Waals surface area contributed by atoms with E-state index in [9.17, 15) is 0 Å². The number of halogens is 2. The van der Waals surface area contributed by atoms with E-state index in [0.717, 1.165) is 5.69 Å². The highest BCUT2D eigenvalue weighted by molar-refractivity contribution is 7.80. The molecule has 0 bridgehead atoms. The van der Waals surface area contributed by atoms with Crippen molar-refractivity contribution in [1.29, 1.82) is 0 Å². The van der Waals surface area contributed by atoms with E-state index in [2.05, 4.69) is 56.5 Å². The molecule has 0 saturated heterocycles. The van der Waals surface area contributed by atoms with Gasteiger partial charge in [0, 0.05) is 10.7 Å². The van der Waals surface area contributed by atoms with Gasteiger partial charge >= 0.3 is 0 Å². The van der Waals surface area contributed by atoms with Gasteiger partial charge in [-0.25, -0.2) is 0 Å². The predicted molar refractivity (Wildman–Crippen MR) is 111 cm³/mol. The Hall–Kier alpha value is -1.29. The number of benzene rings is 2. The summed E-state index contributed by atoms with van der Waals surface area (Å²) in [6, 6.07) is 11.7. The van der Waals surface area contributed by atoms with Crippen LogP contribution in [0.4, 0.5) is 11.4 Å². The molecule has 0 unspecified atom stereocenters. The van der Waals surface area contributed by atoms with Crippen LogP contribution in [0.2, 0.25) is 10.0 Å². The molecule has 5 heteroatoms. The van der Waals surface area contributed by atoms with Gasteiger partial charge in [0.15, 0.2) is 5.11 Å². The fraction of sp³-hybridized carbons (Fsp3) is 0.316. The third-order valence-electron chi connectivity index (χ3n) is 3.79. The summed E-state index contributed by atoms with van der Waals surface area (Å²) in [5.74, 6) is 0.849. The van der Waals surface area contributed by atoms with Crippen molar-refractivity contribution in [3.63, 3.8) is 0 Å². The van der Waals surface area contributed by atoms with Crippen molar-refractivity contribution in [3.05, 3.63) is 57.6 Å². The van der Waals surface area contributed by atoms with E-state index in [1.807, 2.05) is 0 Å². The van der Waals surface area contributed by atoms with Crippen molar-refractivity contribution in [2.24, 2.45) is 0 Å². The SMILES string of the molecule is CC(C)c1ccc(C(C)C)c(NC(=S)Nc2cc(Cl)ccc2Cl)c1. The largest absolute Gasteiger partial charge is 0.332 e. The smallest absolute Gasteiger partial charge is 0.175 e. The van der Waals surface area contributed by atoms with E-state index in [1.54, 1.807) is 18.2 Å². The van der Waals surface area contributed by atoms with E-state index in [4.69, 9.17) is 35.4 Å². The Kier molecular flexibility index (Phi) is 6.50. The van der Waals surface area contributed by atoms with Crippen molar-refractivity contribution in [3.8, 4) is 0 Å². The summed E-state index contributed by atoms with van der Waals surface area (Å²) < 4.78 is 0. The summed E-state index contributed by atoms with van der Waals surface area (Å²) in [6.07, 6.45) is 0. The van der Waals surface area contributed by atoms with E-state index in [-0.39, 0.29) is 0 Å². The number of nitrogens with one attached hydrogen (secondary N) is 2. The first kappa shape index (κ1) is 19.0. The fourth-order valence-corrected chi connectivity index (χ4v) is 2.97. The first-order valence-corrected chi connectivity index (χ1v) is 9.11. The second kappa shape index (κ2) is 8.19. The van der Waals surface area contributed by atoms with Crippen LogP contribution in [0.25, 0.3) is 0 Å². The highest BCUT2D eigenvalue weighted by Gasteiger charge is 2.11. The molecule has 0 aromatic heterocycles. The third kappa shape index (κ3) is 4.85. The number of thiocarbonyl (C=S) groups is 1. The van der Waals surface area contributed by atoms with E-state index in [1.165, 1.54) is 11.1 Å². The molecule has 0 aliphatic carbocycles. The lowest BCUT2D eigenvalue weighted by molar-refractivity contribution is 0.847. The van der Waals surface area contributed by atoms with E-state index < -0.39 is 0 Å². The molecule has 2 aromatic rings.